The van der Waals surface area contributed by atoms with Crippen LogP contribution in [0.25, 0.3) is 11.0 Å². The van der Waals surface area contributed by atoms with Crippen LogP contribution in [0.15, 0.2) is 53.0 Å². The average Bonchev–Trinajstić information content (AvgIpc) is 2.74. The zero-order valence-electron chi connectivity index (χ0n) is 8.94. The number of hydrogen-bond acceptors (Lipinski definition) is 2. The van der Waals surface area contributed by atoms with Crippen molar-refractivity contribution in [3.05, 3.63) is 53.0 Å². The average molecular weight is 288 g/mol. The first-order valence-corrected chi connectivity index (χ1v) is 6.08. The van der Waals surface area contributed by atoms with E-state index in [1.54, 1.807) is 0 Å². The first kappa shape index (κ1) is 10.4. The lowest BCUT2D eigenvalue weighted by molar-refractivity contribution is 1.31. The molecule has 0 aliphatic carbocycles. The Kier molecular flexibility index (Phi) is 2.57. The molecule has 3 rings (SSSR count). The van der Waals surface area contributed by atoms with Crippen molar-refractivity contribution >= 4 is 38.6 Å². The van der Waals surface area contributed by atoms with Gasteiger partial charge in [0, 0.05) is 4.47 Å². The molecule has 0 fully saturated rings. The van der Waals surface area contributed by atoms with E-state index in [1.165, 1.54) is 0 Å². The summed E-state index contributed by atoms with van der Waals surface area (Å²) < 4.78 is 1.01. The molecule has 0 aliphatic rings. The molecule has 17 heavy (non-hydrogen) atoms. The smallest absolute Gasteiger partial charge is 0.205 e. The highest BCUT2D eigenvalue weighted by Crippen LogP contribution is 2.25. The molecule has 1 aromatic heterocycles. The molecule has 1 heterocycles. The number of H-pyrrole nitrogens is 1. The number of benzene rings is 2. The maximum Gasteiger partial charge on any atom is 0.205 e. The van der Waals surface area contributed by atoms with Crippen molar-refractivity contribution in [3.63, 3.8) is 0 Å². The molecule has 0 saturated heterocycles. The molecule has 0 bridgehead atoms. The number of rotatable bonds is 2. The Bertz CT molecular complexity index is 627. The number of nitrogens with one attached hydrogen (secondary N) is 2. The monoisotopic (exact) mass is 287 g/mol. The molecule has 2 N–H and O–H groups in total. The second-order valence-corrected chi connectivity index (χ2v) is 4.56. The molecular formula is C13H10BrN3. The highest BCUT2D eigenvalue weighted by Gasteiger charge is 2.03. The Morgan fingerprint density at radius 2 is 1.76 bits per heavy atom. The number of anilines is 2. The normalized spacial score (nSPS) is 10.6. The van der Waals surface area contributed by atoms with Crippen molar-refractivity contribution in [2.24, 2.45) is 0 Å². The first-order chi connectivity index (χ1) is 8.33. The maximum atomic E-state index is 4.46. The summed E-state index contributed by atoms with van der Waals surface area (Å²) in [5, 5.41) is 3.25. The SMILES string of the molecule is Brc1ccccc1Nc1nc2ccccc2[nH]1. The van der Waals surface area contributed by atoms with E-state index in [1.807, 2.05) is 48.5 Å². The molecule has 3 nitrogen and oxygen atoms in total. The molecule has 0 atom stereocenters. The molecule has 0 unspecified atom stereocenters. The van der Waals surface area contributed by atoms with Crippen molar-refractivity contribution in [1.82, 2.24) is 9.97 Å². The Labute approximate surface area is 107 Å². The van der Waals surface area contributed by atoms with Gasteiger partial charge in [0.2, 0.25) is 5.95 Å². The van der Waals surface area contributed by atoms with Gasteiger partial charge in [0.25, 0.3) is 0 Å². The lowest BCUT2D eigenvalue weighted by Crippen LogP contribution is -1.92. The molecule has 0 spiro atoms. The number of fused-ring (bicyclic) bond motifs is 1. The number of nitrogens with zero attached hydrogens (tertiary/aromatic N) is 1. The minimum Gasteiger partial charge on any atom is -0.325 e. The second-order valence-electron chi connectivity index (χ2n) is 3.71. The van der Waals surface area contributed by atoms with Gasteiger partial charge < -0.3 is 10.3 Å². The summed E-state index contributed by atoms with van der Waals surface area (Å²) in [5.74, 6) is 0.748. The summed E-state index contributed by atoms with van der Waals surface area (Å²) in [6.45, 7) is 0. The van der Waals surface area contributed by atoms with Gasteiger partial charge in [0.15, 0.2) is 0 Å². The van der Waals surface area contributed by atoms with Crippen LogP contribution in [0.3, 0.4) is 0 Å². The molecule has 0 saturated carbocycles. The molecule has 0 radical (unpaired) electrons. The van der Waals surface area contributed by atoms with Gasteiger partial charge in [0.1, 0.15) is 0 Å². The minimum absolute atomic E-state index is 0.748. The number of para-hydroxylation sites is 3. The Balaban J connectivity index is 1.98. The van der Waals surface area contributed by atoms with Crippen LogP contribution in [0.4, 0.5) is 11.6 Å². The zero-order chi connectivity index (χ0) is 11.7. The van der Waals surface area contributed by atoms with Gasteiger partial charge in [-0.2, -0.15) is 0 Å². The third-order valence-electron chi connectivity index (χ3n) is 2.52. The van der Waals surface area contributed by atoms with Gasteiger partial charge >= 0.3 is 0 Å². The van der Waals surface area contributed by atoms with E-state index in [0.29, 0.717) is 0 Å². The summed E-state index contributed by atoms with van der Waals surface area (Å²) in [7, 11) is 0. The molecule has 84 valence electrons. The summed E-state index contributed by atoms with van der Waals surface area (Å²) >= 11 is 3.49. The fourth-order valence-corrected chi connectivity index (χ4v) is 2.09. The molecular weight excluding hydrogens is 278 g/mol. The second kappa shape index (κ2) is 4.22. The Morgan fingerprint density at radius 1 is 1.00 bits per heavy atom. The van der Waals surface area contributed by atoms with E-state index < -0.39 is 0 Å². The predicted octanol–water partition coefficient (Wildman–Crippen LogP) is 4.07. The van der Waals surface area contributed by atoms with Crippen molar-refractivity contribution in [1.29, 1.82) is 0 Å². The van der Waals surface area contributed by atoms with Crippen LogP contribution < -0.4 is 5.32 Å². The van der Waals surface area contributed by atoms with Crippen LogP contribution in [-0.4, -0.2) is 9.97 Å². The van der Waals surface area contributed by atoms with Crippen molar-refractivity contribution < 1.29 is 0 Å². The van der Waals surface area contributed by atoms with Crippen LogP contribution in [0.2, 0.25) is 0 Å². The Morgan fingerprint density at radius 3 is 2.59 bits per heavy atom. The number of imidazole rings is 1. The van der Waals surface area contributed by atoms with Gasteiger partial charge in [0.05, 0.1) is 16.7 Å². The Hall–Kier alpha value is -1.81. The molecule has 2 aromatic carbocycles. The molecule has 4 heteroatoms. The number of hydrogen-bond donors (Lipinski definition) is 2. The van der Waals surface area contributed by atoms with E-state index in [2.05, 4.69) is 31.2 Å². The molecule has 3 aromatic rings. The van der Waals surface area contributed by atoms with Crippen LogP contribution in [-0.2, 0) is 0 Å². The highest BCUT2D eigenvalue weighted by molar-refractivity contribution is 9.10. The fraction of sp³-hybridized carbons (Fsp3) is 0. The van der Waals surface area contributed by atoms with Crippen molar-refractivity contribution in [2.75, 3.05) is 5.32 Å². The number of aromatic amines is 1. The van der Waals surface area contributed by atoms with Crippen LogP contribution in [0.5, 0.6) is 0 Å². The van der Waals surface area contributed by atoms with Gasteiger partial charge in [-0.1, -0.05) is 24.3 Å². The van der Waals surface area contributed by atoms with E-state index in [0.717, 1.165) is 27.1 Å². The lowest BCUT2D eigenvalue weighted by Gasteiger charge is -2.04. The fourth-order valence-electron chi connectivity index (χ4n) is 1.70. The largest absolute Gasteiger partial charge is 0.325 e. The molecule has 0 aliphatic heterocycles. The van der Waals surface area contributed by atoms with E-state index in [9.17, 15) is 0 Å². The van der Waals surface area contributed by atoms with Crippen molar-refractivity contribution in [2.45, 2.75) is 0 Å². The minimum atomic E-state index is 0.748. The van der Waals surface area contributed by atoms with Gasteiger partial charge in [-0.25, -0.2) is 4.98 Å². The first-order valence-electron chi connectivity index (χ1n) is 5.29. The lowest BCUT2D eigenvalue weighted by atomic mass is 10.3. The van der Waals surface area contributed by atoms with Gasteiger partial charge in [-0.3, -0.25) is 0 Å². The van der Waals surface area contributed by atoms with Crippen LogP contribution in [0.1, 0.15) is 0 Å². The summed E-state index contributed by atoms with van der Waals surface area (Å²) in [6.07, 6.45) is 0. The highest BCUT2D eigenvalue weighted by atomic mass is 79.9. The standard InChI is InChI=1S/C13H10BrN3/c14-9-5-1-2-6-10(9)15-13-16-11-7-3-4-8-12(11)17-13/h1-8H,(H2,15,16,17). The third-order valence-corrected chi connectivity index (χ3v) is 3.21. The zero-order valence-corrected chi connectivity index (χ0v) is 10.5. The predicted molar refractivity (Wildman–Crippen MR) is 73.5 cm³/mol. The molecule has 0 amide bonds. The third kappa shape index (κ3) is 2.03. The van der Waals surface area contributed by atoms with Crippen molar-refractivity contribution in [3.8, 4) is 0 Å². The van der Waals surface area contributed by atoms with Crippen LogP contribution in [0, 0.1) is 0 Å². The van der Waals surface area contributed by atoms with Gasteiger partial charge in [-0.15, -0.1) is 0 Å². The summed E-state index contributed by atoms with van der Waals surface area (Å²) in [6, 6.07) is 15.9. The number of halogens is 1. The van der Waals surface area contributed by atoms with E-state index in [4.69, 9.17) is 0 Å². The summed E-state index contributed by atoms with van der Waals surface area (Å²) in [4.78, 5) is 7.69. The maximum absolute atomic E-state index is 4.46. The number of aromatic nitrogens is 2. The quantitative estimate of drug-likeness (QED) is 0.746. The van der Waals surface area contributed by atoms with E-state index in [-0.39, 0.29) is 0 Å². The van der Waals surface area contributed by atoms with Crippen LogP contribution >= 0.6 is 15.9 Å². The van der Waals surface area contributed by atoms with Gasteiger partial charge in [-0.05, 0) is 40.2 Å². The topological polar surface area (TPSA) is 40.7 Å². The summed E-state index contributed by atoms with van der Waals surface area (Å²) in [5.41, 5.74) is 2.98. The van der Waals surface area contributed by atoms with E-state index >= 15 is 0 Å².